The van der Waals surface area contributed by atoms with Crippen molar-refractivity contribution in [1.82, 2.24) is 4.90 Å². The predicted molar refractivity (Wildman–Crippen MR) is 47.4 cm³/mol. The molecule has 0 spiro atoms. The first-order chi connectivity index (χ1) is 5.92. The van der Waals surface area contributed by atoms with Gasteiger partial charge in [0.1, 0.15) is 0 Å². The van der Waals surface area contributed by atoms with Crippen LogP contribution >= 0.6 is 0 Å². The zero-order chi connectivity index (χ0) is 8.39. The highest BCUT2D eigenvalue weighted by Gasteiger charge is 2.31. The molecule has 0 aromatic carbocycles. The van der Waals surface area contributed by atoms with E-state index in [1.165, 1.54) is 44.9 Å². The van der Waals surface area contributed by atoms with Crippen LogP contribution in [0.1, 0.15) is 44.9 Å². The van der Waals surface area contributed by atoms with Gasteiger partial charge in [0, 0.05) is 12.1 Å². The molecule has 0 N–H and O–H groups in total. The smallest absolute Gasteiger partial charge is 0.312 e. The van der Waals surface area contributed by atoms with Crippen molar-refractivity contribution in [3.05, 3.63) is 0 Å². The molecule has 2 saturated carbocycles. The molecule has 0 unspecified atom stereocenters. The standard InChI is InChI=1S/C10H16NO/c12-8-11(10-6-3-7-10)9-4-1-2-5-9/h9-10H,1-7H2. The Morgan fingerprint density at radius 3 is 1.75 bits per heavy atom. The van der Waals surface area contributed by atoms with Gasteiger partial charge in [-0.05, 0) is 32.1 Å². The summed E-state index contributed by atoms with van der Waals surface area (Å²) >= 11 is 0. The highest BCUT2D eigenvalue weighted by Crippen LogP contribution is 2.31. The molecule has 0 bridgehead atoms. The third-order valence-electron chi connectivity index (χ3n) is 3.29. The van der Waals surface area contributed by atoms with Gasteiger partial charge >= 0.3 is 6.41 Å². The molecular weight excluding hydrogens is 150 g/mol. The number of hydrogen-bond acceptors (Lipinski definition) is 1. The number of rotatable bonds is 3. The second kappa shape index (κ2) is 3.46. The van der Waals surface area contributed by atoms with Gasteiger partial charge in [-0.3, -0.25) is 4.79 Å². The van der Waals surface area contributed by atoms with Crippen LogP contribution in [0, 0.1) is 0 Å². The van der Waals surface area contributed by atoms with E-state index in [0.29, 0.717) is 12.1 Å². The van der Waals surface area contributed by atoms with Gasteiger partial charge in [-0.25, -0.2) is 0 Å². The summed E-state index contributed by atoms with van der Waals surface area (Å²) in [5.74, 6) is 0. The van der Waals surface area contributed by atoms with Gasteiger partial charge in [0.05, 0.1) is 0 Å². The van der Waals surface area contributed by atoms with E-state index in [2.05, 4.69) is 6.41 Å². The Morgan fingerprint density at radius 2 is 1.42 bits per heavy atom. The first-order valence-electron chi connectivity index (χ1n) is 5.08. The normalized spacial score (nSPS) is 25.3. The maximum Gasteiger partial charge on any atom is 0.312 e. The summed E-state index contributed by atoms with van der Waals surface area (Å²) in [6.45, 7) is 0. The molecule has 67 valence electrons. The van der Waals surface area contributed by atoms with Crippen molar-refractivity contribution in [2.45, 2.75) is 57.0 Å². The van der Waals surface area contributed by atoms with E-state index in [-0.39, 0.29) is 0 Å². The molecule has 2 aliphatic rings. The molecule has 2 fully saturated rings. The minimum atomic E-state index is 0.535. The van der Waals surface area contributed by atoms with E-state index in [9.17, 15) is 4.79 Å². The Balaban J connectivity index is 1.91. The van der Waals surface area contributed by atoms with Crippen LogP contribution in [0.25, 0.3) is 0 Å². The van der Waals surface area contributed by atoms with Crippen LogP contribution in [-0.2, 0) is 4.79 Å². The molecule has 1 amide bonds. The topological polar surface area (TPSA) is 20.3 Å². The molecule has 0 aromatic rings. The van der Waals surface area contributed by atoms with Crippen molar-refractivity contribution < 1.29 is 4.79 Å². The molecule has 0 atom stereocenters. The van der Waals surface area contributed by atoms with Crippen molar-refractivity contribution in [3.63, 3.8) is 0 Å². The lowest BCUT2D eigenvalue weighted by atomic mass is 9.90. The zero-order valence-corrected chi connectivity index (χ0v) is 7.46. The van der Waals surface area contributed by atoms with Gasteiger partial charge in [0.25, 0.3) is 0 Å². The fourth-order valence-corrected chi connectivity index (χ4v) is 2.29. The van der Waals surface area contributed by atoms with Crippen LogP contribution < -0.4 is 0 Å². The third kappa shape index (κ3) is 1.35. The molecule has 0 saturated heterocycles. The van der Waals surface area contributed by atoms with Gasteiger partial charge in [0.15, 0.2) is 0 Å². The Kier molecular flexibility index (Phi) is 2.33. The maximum absolute atomic E-state index is 10.7. The van der Waals surface area contributed by atoms with Gasteiger partial charge in [0.2, 0.25) is 0 Å². The Bertz CT molecular complexity index is 159. The summed E-state index contributed by atoms with van der Waals surface area (Å²) in [7, 11) is 0. The van der Waals surface area contributed by atoms with Crippen LogP contribution in [0.15, 0.2) is 0 Å². The maximum atomic E-state index is 10.7. The molecule has 0 aliphatic heterocycles. The van der Waals surface area contributed by atoms with Crippen LogP contribution in [0.2, 0.25) is 0 Å². The predicted octanol–water partition coefficient (Wildman–Crippen LogP) is 1.85. The highest BCUT2D eigenvalue weighted by atomic mass is 16.1. The van der Waals surface area contributed by atoms with Crippen LogP contribution in [-0.4, -0.2) is 23.4 Å². The number of amides is 1. The van der Waals surface area contributed by atoms with Crippen LogP contribution in [0.5, 0.6) is 0 Å². The second-order valence-electron chi connectivity index (χ2n) is 4.02. The molecule has 0 heterocycles. The average molecular weight is 166 g/mol. The molecule has 2 heteroatoms. The van der Waals surface area contributed by atoms with E-state index < -0.39 is 0 Å². The highest BCUT2D eigenvalue weighted by molar-refractivity contribution is 5.50. The molecule has 0 aromatic heterocycles. The fourth-order valence-electron chi connectivity index (χ4n) is 2.29. The number of carbonyl (C=O) groups excluding carboxylic acids is 1. The van der Waals surface area contributed by atoms with Crippen molar-refractivity contribution in [3.8, 4) is 0 Å². The van der Waals surface area contributed by atoms with Gasteiger partial charge in [-0.1, -0.05) is 12.8 Å². The lowest BCUT2D eigenvalue weighted by Crippen LogP contribution is -2.44. The Morgan fingerprint density at radius 1 is 0.917 bits per heavy atom. The number of nitrogens with zero attached hydrogens (tertiary/aromatic N) is 1. The molecule has 12 heavy (non-hydrogen) atoms. The minimum Gasteiger partial charge on any atom is -0.328 e. The lowest BCUT2D eigenvalue weighted by Gasteiger charge is -2.38. The summed E-state index contributed by atoms with van der Waals surface area (Å²) in [5.41, 5.74) is 0. The molecule has 2 aliphatic carbocycles. The minimum absolute atomic E-state index is 0.535. The first-order valence-corrected chi connectivity index (χ1v) is 5.08. The van der Waals surface area contributed by atoms with E-state index in [1.54, 1.807) is 0 Å². The summed E-state index contributed by atoms with van der Waals surface area (Å²) in [4.78, 5) is 12.7. The van der Waals surface area contributed by atoms with Crippen LogP contribution in [0.3, 0.4) is 0 Å². The number of hydrogen-bond donors (Lipinski definition) is 0. The largest absolute Gasteiger partial charge is 0.328 e. The second-order valence-corrected chi connectivity index (χ2v) is 4.02. The Hall–Kier alpha value is -0.530. The zero-order valence-electron chi connectivity index (χ0n) is 7.46. The monoisotopic (exact) mass is 166 g/mol. The third-order valence-corrected chi connectivity index (χ3v) is 3.29. The first kappa shape index (κ1) is 8.09. The lowest BCUT2D eigenvalue weighted by molar-refractivity contribution is 0.155. The van der Waals surface area contributed by atoms with E-state index in [1.807, 2.05) is 4.90 Å². The van der Waals surface area contributed by atoms with E-state index in [4.69, 9.17) is 0 Å². The average Bonchev–Trinajstić information content (AvgIpc) is 2.47. The van der Waals surface area contributed by atoms with E-state index >= 15 is 0 Å². The van der Waals surface area contributed by atoms with Crippen molar-refractivity contribution in [2.24, 2.45) is 0 Å². The molecular formula is C10H16NO. The molecule has 2 nitrogen and oxygen atoms in total. The van der Waals surface area contributed by atoms with Crippen molar-refractivity contribution in [2.75, 3.05) is 0 Å². The van der Waals surface area contributed by atoms with Crippen LogP contribution in [0.4, 0.5) is 0 Å². The summed E-state index contributed by atoms with van der Waals surface area (Å²) < 4.78 is 0. The van der Waals surface area contributed by atoms with Crippen molar-refractivity contribution in [1.29, 1.82) is 0 Å². The summed E-state index contributed by atoms with van der Waals surface area (Å²) in [6, 6.07) is 1.08. The van der Waals surface area contributed by atoms with E-state index in [0.717, 1.165) is 0 Å². The van der Waals surface area contributed by atoms with Gasteiger partial charge < -0.3 is 4.90 Å². The summed E-state index contributed by atoms with van der Waals surface area (Å²) in [6.07, 6.45) is 10.9. The quantitative estimate of drug-likeness (QED) is 0.586. The molecule has 1 radical (unpaired) electrons. The van der Waals surface area contributed by atoms with Gasteiger partial charge in [-0.2, -0.15) is 0 Å². The molecule has 2 rings (SSSR count). The summed E-state index contributed by atoms with van der Waals surface area (Å²) in [5, 5.41) is 0. The fraction of sp³-hybridized carbons (Fsp3) is 0.900. The van der Waals surface area contributed by atoms with Gasteiger partial charge in [-0.15, -0.1) is 0 Å². The van der Waals surface area contributed by atoms with Crippen molar-refractivity contribution >= 4 is 6.41 Å². The Labute approximate surface area is 73.9 Å². The SMILES string of the molecule is O=[C]N(C1CCCC1)C1CCC1.